The third kappa shape index (κ3) is 3.85. The number of nitrogens with two attached hydrogens (primary N) is 1. The van der Waals surface area contributed by atoms with E-state index in [9.17, 15) is 4.79 Å². The number of benzene rings is 1. The second-order valence-corrected chi connectivity index (χ2v) is 6.71. The highest BCUT2D eigenvalue weighted by atomic mass is 16.1. The van der Waals surface area contributed by atoms with E-state index < -0.39 is 5.54 Å². The van der Waals surface area contributed by atoms with Crippen LogP contribution >= 0.6 is 0 Å². The minimum absolute atomic E-state index is 0.257. The van der Waals surface area contributed by atoms with Crippen molar-refractivity contribution in [2.24, 2.45) is 11.7 Å². The van der Waals surface area contributed by atoms with Crippen LogP contribution in [0, 0.1) is 5.92 Å². The molecule has 1 amide bonds. The fourth-order valence-corrected chi connectivity index (χ4v) is 3.50. The van der Waals surface area contributed by atoms with Gasteiger partial charge in [0.2, 0.25) is 5.91 Å². The predicted molar refractivity (Wildman–Crippen MR) is 86.8 cm³/mol. The first-order valence-electron chi connectivity index (χ1n) is 8.18. The molecule has 2 rings (SSSR count). The molecule has 1 aromatic rings. The summed E-state index contributed by atoms with van der Waals surface area (Å²) in [5.74, 6) is 0.141. The molecule has 3 nitrogen and oxygen atoms in total. The lowest BCUT2D eigenvalue weighted by molar-refractivity contribution is -0.126. The number of primary amides is 1. The Balaban J connectivity index is 2.33. The molecule has 0 bridgehead atoms. The molecular formula is C18H28N2O. The molecule has 1 saturated carbocycles. The van der Waals surface area contributed by atoms with E-state index in [1.54, 1.807) is 0 Å². The van der Waals surface area contributed by atoms with Gasteiger partial charge in [-0.25, -0.2) is 0 Å². The van der Waals surface area contributed by atoms with Gasteiger partial charge in [-0.1, -0.05) is 63.4 Å². The minimum atomic E-state index is -0.739. The van der Waals surface area contributed by atoms with Crippen LogP contribution in [-0.2, 0) is 10.3 Å². The van der Waals surface area contributed by atoms with Crippen LogP contribution in [0.3, 0.4) is 0 Å². The molecule has 0 radical (unpaired) electrons. The maximum atomic E-state index is 12.4. The van der Waals surface area contributed by atoms with Gasteiger partial charge in [-0.15, -0.1) is 0 Å². The van der Waals surface area contributed by atoms with Gasteiger partial charge in [0.1, 0.15) is 5.54 Å². The van der Waals surface area contributed by atoms with Gasteiger partial charge in [-0.05, 0) is 30.7 Å². The maximum Gasteiger partial charge on any atom is 0.242 e. The number of hydrogen-bond acceptors (Lipinski definition) is 2. The molecule has 1 aliphatic rings. The van der Waals surface area contributed by atoms with Gasteiger partial charge in [0, 0.05) is 6.04 Å². The summed E-state index contributed by atoms with van der Waals surface area (Å²) < 4.78 is 0. The molecule has 1 fully saturated rings. The van der Waals surface area contributed by atoms with Crippen molar-refractivity contribution >= 4 is 5.91 Å². The number of hydrogen-bond donors (Lipinski definition) is 2. The monoisotopic (exact) mass is 288 g/mol. The molecule has 3 N–H and O–H groups in total. The predicted octanol–water partition coefficient (Wildman–Crippen LogP) is 3.34. The smallest absolute Gasteiger partial charge is 0.242 e. The van der Waals surface area contributed by atoms with Crippen molar-refractivity contribution in [3.63, 3.8) is 0 Å². The van der Waals surface area contributed by atoms with Crippen molar-refractivity contribution in [3.05, 3.63) is 35.9 Å². The highest BCUT2D eigenvalue weighted by Crippen LogP contribution is 2.31. The maximum absolute atomic E-state index is 12.4. The van der Waals surface area contributed by atoms with E-state index in [0.717, 1.165) is 24.8 Å². The number of carbonyl (C=O) groups is 1. The van der Waals surface area contributed by atoms with Gasteiger partial charge in [0.05, 0.1) is 0 Å². The Bertz CT molecular complexity index is 452. The number of amides is 1. The van der Waals surface area contributed by atoms with E-state index in [1.807, 2.05) is 30.3 Å². The molecule has 1 atom stereocenters. The van der Waals surface area contributed by atoms with Gasteiger partial charge in [-0.2, -0.15) is 0 Å². The summed E-state index contributed by atoms with van der Waals surface area (Å²) in [5, 5.41) is 3.64. The van der Waals surface area contributed by atoms with Crippen molar-refractivity contribution in [3.8, 4) is 0 Å². The lowest BCUT2D eigenvalue weighted by atomic mass is 9.79. The van der Waals surface area contributed by atoms with E-state index in [4.69, 9.17) is 5.73 Å². The normalized spacial score (nSPS) is 19.4. The average Bonchev–Trinajstić information content (AvgIpc) is 2.48. The van der Waals surface area contributed by atoms with E-state index >= 15 is 0 Å². The quantitative estimate of drug-likeness (QED) is 0.843. The molecule has 1 aromatic carbocycles. The Morgan fingerprint density at radius 2 is 1.86 bits per heavy atom. The largest absolute Gasteiger partial charge is 0.368 e. The Labute approximate surface area is 128 Å². The van der Waals surface area contributed by atoms with Crippen molar-refractivity contribution < 1.29 is 4.79 Å². The van der Waals surface area contributed by atoms with Crippen molar-refractivity contribution in [1.29, 1.82) is 0 Å². The number of nitrogens with one attached hydrogen (secondary N) is 1. The van der Waals surface area contributed by atoms with E-state index in [-0.39, 0.29) is 5.91 Å². The van der Waals surface area contributed by atoms with Gasteiger partial charge in [0.15, 0.2) is 0 Å². The summed E-state index contributed by atoms with van der Waals surface area (Å²) in [6.07, 6.45) is 6.80. The van der Waals surface area contributed by atoms with E-state index in [0.29, 0.717) is 12.0 Å². The van der Waals surface area contributed by atoms with E-state index in [1.165, 1.54) is 19.3 Å². The van der Waals surface area contributed by atoms with Crippen LogP contribution in [0.2, 0.25) is 0 Å². The Kier molecular flexibility index (Phi) is 5.40. The highest BCUT2D eigenvalue weighted by Gasteiger charge is 2.40. The third-order valence-corrected chi connectivity index (χ3v) is 4.46. The standard InChI is InChI=1S/C18H28N2O/c1-14(2)13-18(17(19)21,15-9-5-3-6-10-15)20-16-11-7-4-8-12-16/h3,5-6,9-10,14,16,20H,4,7-8,11-13H2,1-2H3,(H2,19,21). The zero-order valence-electron chi connectivity index (χ0n) is 13.3. The molecular weight excluding hydrogens is 260 g/mol. The molecule has 21 heavy (non-hydrogen) atoms. The molecule has 0 aromatic heterocycles. The fraction of sp³-hybridized carbons (Fsp3) is 0.611. The molecule has 116 valence electrons. The highest BCUT2D eigenvalue weighted by molar-refractivity contribution is 5.86. The van der Waals surface area contributed by atoms with Crippen molar-refractivity contribution in [2.45, 2.75) is 64.0 Å². The van der Waals surface area contributed by atoms with Gasteiger partial charge >= 0.3 is 0 Å². The number of carbonyl (C=O) groups excluding carboxylic acids is 1. The molecule has 0 aliphatic heterocycles. The summed E-state index contributed by atoms with van der Waals surface area (Å²) in [6, 6.07) is 10.4. The Hall–Kier alpha value is -1.35. The van der Waals surface area contributed by atoms with Crippen LogP contribution in [0.25, 0.3) is 0 Å². The summed E-state index contributed by atoms with van der Waals surface area (Å²) in [6.45, 7) is 4.28. The second kappa shape index (κ2) is 7.08. The first-order valence-corrected chi connectivity index (χ1v) is 8.18. The minimum Gasteiger partial charge on any atom is -0.368 e. The second-order valence-electron chi connectivity index (χ2n) is 6.71. The van der Waals surface area contributed by atoms with Crippen molar-refractivity contribution in [2.75, 3.05) is 0 Å². The Morgan fingerprint density at radius 1 is 1.24 bits per heavy atom. The van der Waals surface area contributed by atoms with Crippen LogP contribution in [-0.4, -0.2) is 11.9 Å². The lowest BCUT2D eigenvalue weighted by Gasteiger charge is -2.38. The average molecular weight is 288 g/mol. The molecule has 0 spiro atoms. The first kappa shape index (κ1) is 16.0. The fourth-order valence-electron chi connectivity index (χ4n) is 3.50. The molecule has 1 aliphatic carbocycles. The SMILES string of the molecule is CC(C)CC(NC1CCCCC1)(C(N)=O)c1ccccc1. The summed E-state index contributed by atoms with van der Waals surface area (Å²) in [4.78, 5) is 12.4. The molecule has 3 heteroatoms. The lowest BCUT2D eigenvalue weighted by Crippen LogP contribution is -2.57. The molecule has 0 saturated heterocycles. The number of rotatable bonds is 6. The van der Waals surface area contributed by atoms with Crippen LogP contribution in [0.5, 0.6) is 0 Å². The Morgan fingerprint density at radius 3 is 2.38 bits per heavy atom. The first-order chi connectivity index (χ1) is 10.0. The summed E-state index contributed by atoms with van der Waals surface area (Å²) >= 11 is 0. The summed E-state index contributed by atoms with van der Waals surface area (Å²) in [5.41, 5.74) is 6.13. The molecule has 0 heterocycles. The van der Waals surface area contributed by atoms with Gasteiger partial charge in [0.25, 0.3) is 0 Å². The third-order valence-electron chi connectivity index (χ3n) is 4.46. The van der Waals surface area contributed by atoms with Crippen LogP contribution in [0.15, 0.2) is 30.3 Å². The van der Waals surface area contributed by atoms with Gasteiger partial charge in [-0.3, -0.25) is 10.1 Å². The van der Waals surface area contributed by atoms with E-state index in [2.05, 4.69) is 19.2 Å². The van der Waals surface area contributed by atoms with Crippen molar-refractivity contribution in [1.82, 2.24) is 5.32 Å². The van der Waals surface area contributed by atoms with Gasteiger partial charge < -0.3 is 5.73 Å². The zero-order valence-corrected chi connectivity index (χ0v) is 13.3. The molecule has 1 unspecified atom stereocenters. The van der Waals surface area contributed by atoms with Crippen LogP contribution in [0.4, 0.5) is 0 Å². The zero-order chi connectivity index (χ0) is 15.3. The van der Waals surface area contributed by atoms with Crippen LogP contribution in [0.1, 0.15) is 57.9 Å². The topological polar surface area (TPSA) is 55.1 Å². The van der Waals surface area contributed by atoms with Crippen LogP contribution < -0.4 is 11.1 Å². The summed E-state index contributed by atoms with van der Waals surface area (Å²) in [7, 11) is 0.